The zero-order valence-electron chi connectivity index (χ0n) is 21.0. The standard InChI is InChI=1S/C26H33BrN2O7S/c1-3-35-25(32)26-16-17(26)8-6-4-5-7-13-29(2)24(31)22-15-19(14-21(22)23(30)28-26)36-37(33,34)20-11-9-18(27)10-12-20/h6,8-12,17,19,21-22H,3-5,7,13-16H2,1-2H3,(H,28,30)/b8-6-/t17-,19+,21-,22-,26-/m1/s1. The summed E-state index contributed by atoms with van der Waals surface area (Å²) in [6.07, 6.45) is 6.17. The number of hydrogen-bond donors (Lipinski definition) is 1. The van der Waals surface area contributed by atoms with Gasteiger partial charge in [0.2, 0.25) is 11.8 Å². The molecule has 2 aliphatic carbocycles. The van der Waals surface area contributed by atoms with E-state index in [0.29, 0.717) is 13.0 Å². The molecule has 11 heteroatoms. The van der Waals surface area contributed by atoms with Gasteiger partial charge < -0.3 is 15.0 Å². The van der Waals surface area contributed by atoms with Gasteiger partial charge in [-0.3, -0.25) is 13.8 Å². The van der Waals surface area contributed by atoms with Crippen LogP contribution in [0.5, 0.6) is 0 Å². The van der Waals surface area contributed by atoms with Crippen LogP contribution in [0.1, 0.15) is 45.4 Å². The van der Waals surface area contributed by atoms with E-state index >= 15 is 0 Å². The molecule has 2 amide bonds. The molecule has 5 atom stereocenters. The number of ether oxygens (including phenoxy) is 1. The fraction of sp³-hybridized carbons (Fsp3) is 0.577. The van der Waals surface area contributed by atoms with Crippen molar-refractivity contribution in [2.24, 2.45) is 17.8 Å². The number of allylic oxidation sites excluding steroid dienone is 1. The molecular weight excluding hydrogens is 564 g/mol. The van der Waals surface area contributed by atoms with Crippen molar-refractivity contribution in [3.05, 3.63) is 40.9 Å². The predicted molar refractivity (Wildman–Crippen MR) is 139 cm³/mol. The highest BCUT2D eigenvalue weighted by atomic mass is 79.9. The van der Waals surface area contributed by atoms with Gasteiger partial charge in [-0.1, -0.05) is 28.1 Å². The summed E-state index contributed by atoms with van der Waals surface area (Å²) in [6.45, 7) is 2.43. The highest BCUT2D eigenvalue weighted by molar-refractivity contribution is 9.10. The molecule has 0 spiro atoms. The Morgan fingerprint density at radius 1 is 1.16 bits per heavy atom. The summed E-state index contributed by atoms with van der Waals surface area (Å²) in [5.41, 5.74) is -1.16. The Morgan fingerprint density at radius 3 is 2.57 bits per heavy atom. The molecule has 1 N–H and O–H groups in total. The third-order valence-corrected chi connectivity index (χ3v) is 9.30. The molecule has 0 aromatic heterocycles. The molecule has 4 rings (SSSR count). The molecule has 0 unspecified atom stereocenters. The summed E-state index contributed by atoms with van der Waals surface area (Å²) in [5.74, 6) is -2.95. The number of amides is 2. The minimum Gasteiger partial charge on any atom is -0.464 e. The van der Waals surface area contributed by atoms with Gasteiger partial charge >= 0.3 is 5.97 Å². The molecular formula is C26H33BrN2O7S. The quantitative estimate of drug-likeness (QED) is 0.315. The Hall–Kier alpha value is -2.24. The molecule has 1 aliphatic heterocycles. The number of hydrogen-bond acceptors (Lipinski definition) is 7. The van der Waals surface area contributed by atoms with Gasteiger partial charge in [-0.25, -0.2) is 4.79 Å². The maximum Gasteiger partial charge on any atom is 0.332 e. The Labute approximate surface area is 226 Å². The third-order valence-electron chi connectivity index (χ3n) is 7.40. The number of benzene rings is 1. The van der Waals surface area contributed by atoms with Crippen molar-refractivity contribution in [1.82, 2.24) is 10.2 Å². The molecule has 9 nitrogen and oxygen atoms in total. The zero-order valence-corrected chi connectivity index (χ0v) is 23.4. The van der Waals surface area contributed by atoms with Crippen molar-refractivity contribution < 1.29 is 31.7 Å². The van der Waals surface area contributed by atoms with Gasteiger partial charge in [0, 0.05) is 24.0 Å². The second kappa shape index (κ2) is 11.2. The molecule has 202 valence electrons. The molecule has 1 heterocycles. The molecule has 1 aromatic rings. The van der Waals surface area contributed by atoms with Crippen LogP contribution in [0.2, 0.25) is 0 Å². The maximum atomic E-state index is 13.6. The lowest BCUT2D eigenvalue weighted by Gasteiger charge is -2.26. The Morgan fingerprint density at radius 2 is 1.86 bits per heavy atom. The van der Waals surface area contributed by atoms with E-state index < -0.39 is 45.5 Å². The van der Waals surface area contributed by atoms with E-state index in [-0.39, 0.29) is 36.2 Å². The van der Waals surface area contributed by atoms with Crippen molar-refractivity contribution in [2.45, 2.75) is 62.0 Å². The lowest BCUT2D eigenvalue weighted by atomic mass is 9.93. The SMILES string of the molecule is CCOC(=O)[C@@]12C[C@H]1/C=C\CCCCN(C)C(=O)[C@@H]1C[C@@H](OS(=O)(=O)c3ccc(Br)cc3)C[C@H]1C(=O)N2. The van der Waals surface area contributed by atoms with Gasteiger partial charge in [-0.05, 0) is 69.7 Å². The van der Waals surface area contributed by atoms with Crippen molar-refractivity contribution in [3.8, 4) is 0 Å². The fourth-order valence-corrected chi connectivity index (χ4v) is 6.62. The van der Waals surface area contributed by atoms with Crippen LogP contribution in [-0.2, 0) is 33.4 Å². The van der Waals surface area contributed by atoms with E-state index in [1.807, 2.05) is 12.2 Å². The Balaban J connectivity index is 1.59. The van der Waals surface area contributed by atoms with Gasteiger partial charge in [0.1, 0.15) is 5.54 Å². The smallest absolute Gasteiger partial charge is 0.332 e. The molecule has 0 radical (unpaired) electrons. The van der Waals surface area contributed by atoms with E-state index in [1.54, 1.807) is 31.0 Å². The van der Waals surface area contributed by atoms with Gasteiger partial charge in [-0.15, -0.1) is 0 Å². The van der Waals surface area contributed by atoms with Crippen molar-refractivity contribution in [1.29, 1.82) is 0 Å². The van der Waals surface area contributed by atoms with Gasteiger partial charge in [0.05, 0.1) is 29.4 Å². The molecule has 1 aromatic carbocycles. The van der Waals surface area contributed by atoms with Gasteiger partial charge in [0.25, 0.3) is 10.1 Å². The minimum absolute atomic E-state index is 0.00383. The average Bonchev–Trinajstić information content (AvgIpc) is 3.39. The first-order chi connectivity index (χ1) is 17.6. The average molecular weight is 598 g/mol. The minimum atomic E-state index is -4.10. The molecule has 0 bridgehead atoms. The summed E-state index contributed by atoms with van der Waals surface area (Å²) in [6, 6.07) is 6.06. The van der Waals surface area contributed by atoms with Gasteiger partial charge in [0.15, 0.2) is 0 Å². The first-order valence-corrected chi connectivity index (χ1v) is 14.9. The maximum absolute atomic E-state index is 13.6. The van der Waals surface area contributed by atoms with E-state index in [4.69, 9.17) is 8.92 Å². The summed E-state index contributed by atoms with van der Waals surface area (Å²) in [4.78, 5) is 41.4. The number of nitrogens with one attached hydrogen (secondary N) is 1. The lowest BCUT2D eigenvalue weighted by molar-refractivity contribution is -0.150. The Bertz CT molecular complexity index is 1170. The van der Waals surface area contributed by atoms with Crippen molar-refractivity contribution in [3.63, 3.8) is 0 Å². The van der Waals surface area contributed by atoms with Crippen LogP contribution >= 0.6 is 15.9 Å². The van der Waals surface area contributed by atoms with Crippen LogP contribution in [0.15, 0.2) is 45.8 Å². The zero-order chi connectivity index (χ0) is 26.8. The number of halogens is 1. The Kier molecular flexibility index (Phi) is 8.45. The molecule has 2 fully saturated rings. The summed E-state index contributed by atoms with van der Waals surface area (Å²) >= 11 is 3.28. The number of nitrogens with zero attached hydrogens (tertiary/aromatic N) is 1. The van der Waals surface area contributed by atoms with Gasteiger partial charge in [-0.2, -0.15) is 8.42 Å². The number of esters is 1. The van der Waals surface area contributed by atoms with Crippen molar-refractivity contribution >= 4 is 43.8 Å². The molecule has 37 heavy (non-hydrogen) atoms. The fourth-order valence-electron chi connectivity index (χ4n) is 5.26. The molecule has 2 saturated carbocycles. The normalized spacial score (nSPS) is 31.5. The second-order valence-electron chi connectivity index (χ2n) is 9.99. The van der Waals surface area contributed by atoms with Crippen LogP contribution in [-0.4, -0.2) is 62.9 Å². The first kappa shape index (κ1) is 27.8. The predicted octanol–water partition coefficient (Wildman–Crippen LogP) is 3.19. The van der Waals surface area contributed by atoms with E-state index in [1.165, 1.54) is 12.1 Å². The lowest BCUT2D eigenvalue weighted by Crippen LogP contribution is -2.50. The molecule has 0 saturated heterocycles. The first-order valence-electron chi connectivity index (χ1n) is 12.7. The van der Waals surface area contributed by atoms with E-state index in [9.17, 15) is 22.8 Å². The van der Waals surface area contributed by atoms with Crippen molar-refractivity contribution in [2.75, 3.05) is 20.2 Å². The second-order valence-corrected chi connectivity index (χ2v) is 12.5. The highest BCUT2D eigenvalue weighted by Crippen LogP contribution is 2.47. The van der Waals surface area contributed by atoms with E-state index in [0.717, 1.165) is 23.7 Å². The van der Waals surface area contributed by atoms with Crippen LogP contribution in [0.4, 0.5) is 0 Å². The molecule has 3 aliphatic rings. The highest BCUT2D eigenvalue weighted by Gasteiger charge is 2.62. The number of fused-ring (bicyclic) bond motifs is 2. The van der Waals surface area contributed by atoms with E-state index in [2.05, 4.69) is 21.2 Å². The monoisotopic (exact) mass is 596 g/mol. The topological polar surface area (TPSA) is 119 Å². The number of carbonyl (C=O) groups is 3. The van der Waals surface area contributed by atoms with Crippen LogP contribution in [0.25, 0.3) is 0 Å². The summed E-state index contributed by atoms with van der Waals surface area (Å²) in [5, 5.41) is 2.89. The number of rotatable bonds is 5. The van der Waals surface area contributed by atoms with Crippen LogP contribution < -0.4 is 5.32 Å². The third kappa shape index (κ3) is 6.09. The van der Waals surface area contributed by atoms with Crippen LogP contribution in [0.3, 0.4) is 0 Å². The summed E-state index contributed by atoms with van der Waals surface area (Å²) < 4.78 is 37.4. The largest absolute Gasteiger partial charge is 0.464 e. The number of carbonyl (C=O) groups excluding carboxylic acids is 3. The summed E-state index contributed by atoms with van der Waals surface area (Å²) in [7, 11) is -2.40. The van der Waals surface area contributed by atoms with Crippen LogP contribution in [0, 0.1) is 17.8 Å².